The summed E-state index contributed by atoms with van der Waals surface area (Å²) < 4.78 is 1.87. The van der Waals surface area contributed by atoms with Gasteiger partial charge in [-0.25, -0.2) is 9.78 Å². The molecule has 6 heteroatoms. The number of benzene rings is 1. The number of aromatic nitrogens is 2. The van der Waals surface area contributed by atoms with Crippen LogP contribution in [0.25, 0.3) is 0 Å². The minimum atomic E-state index is -0.243. The quantitative estimate of drug-likeness (QED) is 0.788. The Hall–Kier alpha value is -2.34. The third-order valence-electron chi connectivity index (χ3n) is 3.43. The summed E-state index contributed by atoms with van der Waals surface area (Å²) in [5.74, 6) is 0.809. The molecule has 0 aliphatic heterocycles. The van der Waals surface area contributed by atoms with Gasteiger partial charge in [0.1, 0.15) is 5.82 Å². The molecule has 0 saturated heterocycles. The fourth-order valence-corrected chi connectivity index (χ4v) is 1.92. The zero-order chi connectivity index (χ0) is 15.2. The van der Waals surface area contributed by atoms with Gasteiger partial charge in [0, 0.05) is 31.2 Å². The number of urea groups is 1. The van der Waals surface area contributed by atoms with Gasteiger partial charge in [0.2, 0.25) is 0 Å². The Balaban J connectivity index is 1.86. The third-order valence-corrected chi connectivity index (χ3v) is 3.43. The number of amides is 2. The lowest BCUT2D eigenvalue weighted by Gasteiger charge is -2.12. The summed E-state index contributed by atoms with van der Waals surface area (Å²) in [6, 6.07) is 7.82. The van der Waals surface area contributed by atoms with Crippen LogP contribution < -0.4 is 16.0 Å². The van der Waals surface area contributed by atoms with E-state index in [4.69, 9.17) is 0 Å². The molecule has 0 spiro atoms. The molecule has 0 aliphatic rings. The summed E-state index contributed by atoms with van der Waals surface area (Å²) >= 11 is 0. The molecule has 21 heavy (non-hydrogen) atoms. The molecule has 112 valence electrons. The van der Waals surface area contributed by atoms with E-state index in [0.717, 1.165) is 11.5 Å². The van der Waals surface area contributed by atoms with E-state index < -0.39 is 0 Å². The molecule has 1 heterocycles. The normalized spacial score (nSPS) is 12.0. The van der Waals surface area contributed by atoms with Crippen molar-refractivity contribution in [2.45, 2.75) is 19.5 Å². The summed E-state index contributed by atoms with van der Waals surface area (Å²) in [4.78, 5) is 16.0. The molecule has 2 amide bonds. The van der Waals surface area contributed by atoms with Gasteiger partial charge in [-0.15, -0.1) is 0 Å². The number of anilines is 1. The van der Waals surface area contributed by atoms with Crippen LogP contribution in [0.15, 0.2) is 36.7 Å². The Morgan fingerprint density at radius 1 is 1.33 bits per heavy atom. The monoisotopic (exact) mass is 287 g/mol. The van der Waals surface area contributed by atoms with E-state index in [1.54, 1.807) is 6.20 Å². The van der Waals surface area contributed by atoms with Crippen molar-refractivity contribution < 1.29 is 4.79 Å². The zero-order valence-corrected chi connectivity index (χ0v) is 12.6. The molecule has 0 aliphatic carbocycles. The van der Waals surface area contributed by atoms with Crippen LogP contribution >= 0.6 is 0 Å². The van der Waals surface area contributed by atoms with Crippen molar-refractivity contribution in [3.05, 3.63) is 48.0 Å². The molecule has 0 fully saturated rings. The van der Waals surface area contributed by atoms with Crippen LogP contribution in [0.5, 0.6) is 0 Å². The number of aryl methyl sites for hydroxylation is 1. The molecule has 3 N–H and O–H groups in total. The molecular formula is C15H21N5O. The van der Waals surface area contributed by atoms with Gasteiger partial charge in [0.25, 0.3) is 0 Å². The number of rotatable bonds is 5. The highest BCUT2D eigenvalue weighted by molar-refractivity contribution is 5.89. The summed E-state index contributed by atoms with van der Waals surface area (Å²) in [6.07, 6.45) is 3.55. The molecule has 1 aromatic carbocycles. The maximum Gasteiger partial charge on any atom is 0.319 e. The Bertz CT molecular complexity index is 590. The van der Waals surface area contributed by atoms with Crippen molar-refractivity contribution in [2.24, 2.45) is 7.05 Å². The smallest absolute Gasteiger partial charge is 0.319 e. The Labute approximate surface area is 124 Å². The van der Waals surface area contributed by atoms with Gasteiger partial charge in [0.15, 0.2) is 0 Å². The van der Waals surface area contributed by atoms with E-state index in [-0.39, 0.29) is 12.1 Å². The number of hydrogen-bond donors (Lipinski definition) is 3. The van der Waals surface area contributed by atoms with Crippen LogP contribution in [-0.2, 0) is 13.6 Å². The molecule has 2 aromatic rings. The lowest BCUT2D eigenvalue weighted by atomic mass is 10.1. The van der Waals surface area contributed by atoms with E-state index >= 15 is 0 Å². The van der Waals surface area contributed by atoms with Crippen LogP contribution in [0.4, 0.5) is 10.5 Å². The van der Waals surface area contributed by atoms with Gasteiger partial charge < -0.3 is 20.5 Å². The summed E-state index contributed by atoms with van der Waals surface area (Å²) in [5.41, 5.74) is 1.94. The van der Waals surface area contributed by atoms with Crippen molar-refractivity contribution in [1.29, 1.82) is 0 Å². The Morgan fingerprint density at radius 3 is 2.62 bits per heavy atom. The number of nitrogens with zero attached hydrogens (tertiary/aromatic N) is 2. The van der Waals surface area contributed by atoms with Crippen molar-refractivity contribution in [1.82, 2.24) is 20.2 Å². The molecule has 1 atom stereocenters. The molecular weight excluding hydrogens is 266 g/mol. The molecule has 0 bridgehead atoms. The summed E-state index contributed by atoms with van der Waals surface area (Å²) in [5, 5.41) is 8.75. The van der Waals surface area contributed by atoms with E-state index in [9.17, 15) is 4.79 Å². The van der Waals surface area contributed by atoms with E-state index in [1.807, 2.05) is 49.1 Å². The van der Waals surface area contributed by atoms with Gasteiger partial charge >= 0.3 is 6.03 Å². The predicted octanol–water partition coefficient (Wildman–Crippen LogP) is 2.02. The lowest BCUT2D eigenvalue weighted by molar-refractivity contribution is 0.251. The molecule has 1 unspecified atom stereocenters. The minimum absolute atomic E-state index is 0.243. The largest absolute Gasteiger partial charge is 0.337 e. The maximum atomic E-state index is 11.8. The first kappa shape index (κ1) is 15.1. The Kier molecular flexibility index (Phi) is 4.94. The first-order chi connectivity index (χ1) is 10.1. The van der Waals surface area contributed by atoms with Gasteiger partial charge in [-0.05, 0) is 31.7 Å². The summed E-state index contributed by atoms with van der Waals surface area (Å²) in [7, 11) is 3.81. The van der Waals surface area contributed by atoms with Crippen molar-refractivity contribution in [3.8, 4) is 0 Å². The minimum Gasteiger partial charge on any atom is -0.337 e. The van der Waals surface area contributed by atoms with E-state index in [1.165, 1.54) is 5.56 Å². The topological polar surface area (TPSA) is 71.0 Å². The third kappa shape index (κ3) is 4.06. The second kappa shape index (κ2) is 6.90. The number of carbonyl (C=O) groups excluding carboxylic acids is 1. The van der Waals surface area contributed by atoms with Crippen molar-refractivity contribution in [2.75, 3.05) is 12.4 Å². The number of imidazole rings is 1. The van der Waals surface area contributed by atoms with Gasteiger partial charge in [-0.1, -0.05) is 12.1 Å². The molecule has 0 saturated carbocycles. The van der Waals surface area contributed by atoms with Crippen LogP contribution in [0.1, 0.15) is 24.4 Å². The molecule has 6 nitrogen and oxygen atoms in total. The molecule has 1 aromatic heterocycles. The summed E-state index contributed by atoms with van der Waals surface area (Å²) in [6.45, 7) is 2.48. The molecule has 2 rings (SSSR count). The molecule has 0 radical (unpaired) electrons. The van der Waals surface area contributed by atoms with Gasteiger partial charge in [0.05, 0.1) is 6.54 Å². The fourth-order valence-electron chi connectivity index (χ4n) is 1.92. The number of hydrogen-bond acceptors (Lipinski definition) is 3. The first-order valence-electron chi connectivity index (χ1n) is 6.88. The SMILES string of the molecule is CNC(C)c1ccc(NC(=O)NCc2nccn2C)cc1. The highest BCUT2D eigenvalue weighted by Gasteiger charge is 2.05. The van der Waals surface area contributed by atoms with Crippen LogP contribution in [0.3, 0.4) is 0 Å². The standard InChI is InChI=1S/C15H21N5O/c1-11(16-2)12-4-6-13(7-5-12)19-15(21)18-10-14-17-8-9-20(14)3/h4-9,11,16H,10H2,1-3H3,(H2,18,19,21). The van der Waals surface area contributed by atoms with Crippen LogP contribution in [0, 0.1) is 0 Å². The first-order valence-corrected chi connectivity index (χ1v) is 6.88. The fraction of sp³-hybridized carbons (Fsp3) is 0.333. The second-order valence-corrected chi connectivity index (χ2v) is 4.89. The predicted molar refractivity (Wildman–Crippen MR) is 83.0 cm³/mol. The van der Waals surface area contributed by atoms with Gasteiger partial charge in [-0.2, -0.15) is 0 Å². The van der Waals surface area contributed by atoms with Crippen molar-refractivity contribution >= 4 is 11.7 Å². The number of carbonyl (C=O) groups is 1. The maximum absolute atomic E-state index is 11.8. The number of nitrogens with one attached hydrogen (secondary N) is 3. The van der Waals surface area contributed by atoms with E-state index in [2.05, 4.69) is 27.9 Å². The van der Waals surface area contributed by atoms with E-state index in [0.29, 0.717) is 6.54 Å². The average molecular weight is 287 g/mol. The van der Waals surface area contributed by atoms with Crippen LogP contribution in [-0.4, -0.2) is 22.6 Å². The average Bonchev–Trinajstić information content (AvgIpc) is 2.90. The van der Waals surface area contributed by atoms with Crippen molar-refractivity contribution in [3.63, 3.8) is 0 Å². The highest BCUT2D eigenvalue weighted by Crippen LogP contribution is 2.15. The lowest BCUT2D eigenvalue weighted by Crippen LogP contribution is -2.29. The second-order valence-electron chi connectivity index (χ2n) is 4.89. The highest BCUT2D eigenvalue weighted by atomic mass is 16.2. The zero-order valence-electron chi connectivity index (χ0n) is 12.6. The van der Waals surface area contributed by atoms with Gasteiger partial charge in [-0.3, -0.25) is 0 Å². The van der Waals surface area contributed by atoms with Crippen LogP contribution in [0.2, 0.25) is 0 Å². The Morgan fingerprint density at radius 2 is 2.05 bits per heavy atom.